The molecule has 1 N–H and O–H groups in total. The van der Waals surface area contributed by atoms with Crippen LogP contribution in [0.15, 0.2) is 36.8 Å². The number of aliphatic hydroxyl groups is 1. The van der Waals surface area contributed by atoms with Gasteiger partial charge in [0.15, 0.2) is 0 Å². The predicted octanol–water partition coefficient (Wildman–Crippen LogP) is 2.85. The summed E-state index contributed by atoms with van der Waals surface area (Å²) < 4.78 is 1.83. The summed E-state index contributed by atoms with van der Waals surface area (Å²) in [6.07, 6.45) is 5.21. The Kier molecular flexibility index (Phi) is 2.97. The molecule has 0 aromatic carbocycles. The SMILES string of the molecule is Cc1cc(Cl)cn2c(CO)c(-c3cccnc3)nc12. The maximum absolute atomic E-state index is 9.62. The molecule has 0 spiro atoms. The van der Waals surface area contributed by atoms with E-state index in [9.17, 15) is 5.11 Å². The zero-order chi connectivity index (χ0) is 13.4. The van der Waals surface area contributed by atoms with E-state index in [0.717, 1.165) is 22.5 Å². The third kappa shape index (κ3) is 1.99. The largest absolute Gasteiger partial charge is 0.390 e. The molecule has 96 valence electrons. The van der Waals surface area contributed by atoms with Gasteiger partial charge in [-0.25, -0.2) is 4.98 Å². The van der Waals surface area contributed by atoms with E-state index >= 15 is 0 Å². The molecule has 0 atom stereocenters. The van der Waals surface area contributed by atoms with Crippen molar-refractivity contribution in [2.24, 2.45) is 0 Å². The van der Waals surface area contributed by atoms with E-state index in [4.69, 9.17) is 11.6 Å². The van der Waals surface area contributed by atoms with Gasteiger partial charge in [0, 0.05) is 24.2 Å². The average molecular weight is 274 g/mol. The van der Waals surface area contributed by atoms with Crippen molar-refractivity contribution in [2.75, 3.05) is 0 Å². The van der Waals surface area contributed by atoms with Gasteiger partial charge in [-0.05, 0) is 30.7 Å². The maximum Gasteiger partial charge on any atom is 0.140 e. The van der Waals surface area contributed by atoms with Gasteiger partial charge in [-0.1, -0.05) is 11.6 Å². The van der Waals surface area contributed by atoms with Gasteiger partial charge >= 0.3 is 0 Å². The molecule has 0 fully saturated rings. The summed E-state index contributed by atoms with van der Waals surface area (Å²) >= 11 is 6.07. The van der Waals surface area contributed by atoms with Crippen molar-refractivity contribution < 1.29 is 5.11 Å². The Morgan fingerprint density at radius 2 is 2.26 bits per heavy atom. The second-order valence-corrected chi connectivity index (χ2v) is 4.78. The normalized spacial score (nSPS) is 11.1. The number of rotatable bonds is 2. The highest BCUT2D eigenvalue weighted by Crippen LogP contribution is 2.26. The quantitative estimate of drug-likeness (QED) is 0.781. The lowest BCUT2D eigenvalue weighted by Crippen LogP contribution is -1.95. The number of hydrogen-bond donors (Lipinski definition) is 1. The third-order valence-corrected chi connectivity index (χ3v) is 3.26. The lowest BCUT2D eigenvalue weighted by molar-refractivity contribution is 0.276. The summed E-state index contributed by atoms with van der Waals surface area (Å²) in [4.78, 5) is 8.69. The first-order valence-electron chi connectivity index (χ1n) is 5.89. The molecule has 0 amide bonds. The number of aromatic nitrogens is 3. The molecule has 0 aliphatic heterocycles. The van der Waals surface area contributed by atoms with Crippen molar-refractivity contribution in [3.05, 3.63) is 53.1 Å². The molecule has 3 heterocycles. The number of pyridine rings is 2. The van der Waals surface area contributed by atoms with Gasteiger partial charge in [0.05, 0.1) is 23.0 Å². The monoisotopic (exact) mass is 273 g/mol. The summed E-state index contributed by atoms with van der Waals surface area (Å²) in [5.41, 5.74) is 4.10. The molecule has 0 saturated heterocycles. The number of hydrogen-bond acceptors (Lipinski definition) is 3. The molecule has 5 heteroatoms. The minimum Gasteiger partial charge on any atom is -0.390 e. The number of aryl methyl sites for hydroxylation is 1. The molecule has 3 rings (SSSR count). The molecule has 0 bridgehead atoms. The van der Waals surface area contributed by atoms with Crippen molar-refractivity contribution in [2.45, 2.75) is 13.5 Å². The standard InChI is InChI=1S/C14H12ClN3O/c1-9-5-11(15)7-18-12(8-19)13(17-14(9)18)10-3-2-4-16-6-10/h2-7,19H,8H2,1H3. The van der Waals surface area contributed by atoms with Crippen LogP contribution in [0.3, 0.4) is 0 Å². The Hall–Kier alpha value is -1.91. The molecule has 0 radical (unpaired) electrons. The van der Waals surface area contributed by atoms with Crippen LogP contribution in [0.2, 0.25) is 5.02 Å². The lowest BCUT2D eigenvalue weighted by Gasteiger charge is -2.03. The molecule has 0 aliphatic rings. The zero-order valence-electron chi connectivity index (χ0n) is 10.3. The summed E-state index contributed by atoms with van der Waals surface area (Å²) in [5, 5.41) is 10.2. The Bertz CT molecular complexity index is 737. The highest BCUT2D eigenvalue weighted by molar-refractivity contribution is 6.30. The van der Waals surface area contributed by atoms with Crippen molar-refractivity contribution in [1.82, 2.24) is 14.4 Å². The summed E-state index contributed by atoms with van der Waals surface area (Å²) in [6, 6.07) is 5.63. The van der Waals surface area contributed by atoms with E-state index in [2.05, 4.69) is 9.97 Å². The van der Waals surface area contributed by atoms with Crippen LogP contribution < -0.4 is 0 Å². The van der Waals surface area contributed by atoms with Crippen LogP contribution in [0.1, 0.15) is 11.3 Å². The molecule has 3 aromatic heterocycles. The lowest BCUT2D eigenvalue weighted by atomic mass is 10.2. The minimum absolute atomic E-state index is 0.106. The first kappa shape index (κ1) is 12.1. The summed E-state index contributed by atoms with van der Waals surface area (Å²) in [6.45, 7) is 1.84. The van der Waals surface area contributed by atoms with E-state index in [-0.39, 0.29) is 6.61 Å². The second kappa shape index (κ2) is 4.64. The fourth-order valence-electron chi connectivity index (χ4n) is 2.20. The highest BCUT2D eigenvalue weighted by atomic mass is 35.5. The number of fused-ring (bicyclic) bond motifs is 1. The summed E-state index contributed by atoms with van der Waals surface area (Å²) in [7, 11) is 0. The molecular formula is C14H12ClN3O. The van der Waals surface area contributed by atoms with Crippen LogP contribution in [0.25, 0.3) is 16.9 Å². The Balaban J connectivity index is 2.35. The second-order valence-electron chi connectivity index (χ2n) is 4.34. The molecule has 0 unspecified atom stereocenters. The zero-order valence-corrected chi connectivity index (χ0v) is 11.1. The minimum atomic E-state index is -0.106. The highest BCUT2D eigenvalue weighted by Gasteiger charge is 2.15. The fourth-order valence-corrected chi connectivity index (χ4v) is 2.46. The number of imidazole rings is 1. The molecule has 4 nitrogen and oxygen atoms in total. The van der Waals surface area contributed by atoms with E-state index in [1.165, 1.54) is 0 Å². The van der Waals surface area contributed by atoms with Crippen LogP contribution in [0, 0.1) is 6.92 Å². The van der Waals surface area contributed by atoms with E-state index in [1.54, 1.807) is 18.6 Å². The van der Waals surface area contributed by atoms with Gasteiger partial charge in [-0.3, -0.25) is 9.38 Å². The van der Waals surface area contributed by atoms with E-state index < -0.39 is 0 Å². The van der Waals surface area contributed by atoms with Gasteiger partial charge < -0.3 is 5.11 Å². The van der Waals surface area contributed by atoms with Gasteiger partial charge in [0.1, 0.15) is 5.65 Å². The number of nitrogens with zero attached hydrogens (tertiary/aromatic N) is 3. The smallest absolute Gasteiger partial charge is 0.140 e. The molecule has 19 heavy (non-hydrogen) atoms. The van der Waals surface area contributed by atoms with Crippen molar-refractivity contribution in [1.29, 1.82) is 0 Å². The van der Waals surface area contributed by atoms with Gasteiger partial charge in [0.2, 0.25) is 0 Å². The molecule has 0 saturated carbocycles. The number of aliphatic hydroxyl groups excluding tert-OH is 1. The molecule has 3 aromatic rings. The first-order valence-corrected chi connectivity index (χ1v) is 6.27. The predicted molar refractivity (Wildman–Crippen MR) is 74.1 cm³/mol. The van der Waals surface area contributed by atoms with E-state index in [0.29, 0.717) is 10.7 Å². The van der Waals surface area contributed by atoms with Crippen LogP contribution >= 0.6 is 11.6 Å². The van der Waals surface area contributed by atoms with Gasteiger partial charge in [0.25, 0.3) is 0 Å². The first-order chi connectivity index (χ1) is 9.20. The van der Waals surface area contributed by atoms with Gasteiger partial charge in [-0.2, -0.15) is 0 Å². The Morgan fingerprint density at radius 1 is 1.42 bits per heavy atom. The van der Waals surface area contributed by atoms with Crippen molar-refractivity contribution >= 4 is 17.2 Å². The third-order valence-electron chi connectivity index (χ3n) is 3.05. The van der Waals surface area contributed by atoms with Crippen LogP contribution in [0.5, 0.6) is 0 Å². The Labute approximate surface area is 115 Å². The van der Waals surface area contributed by atoms with Gasteiger partial charge in [-0.15, -0.1) is 0 Å². The van der Waals surface area contributed by atoms with Crippen LogP contribution in [-0.2, 0) is 6.61 Å². The van der Waals surface area contributed by atoms with Crippen LogP contribution in [-0.4, -0.2) is 19.5 Å². The van der Waals surface area contributed by atoms with E-state index in [1.807, 2.05) is 29.5 Å². The Morgan fingerprint density at radius 3 is 2.95 bits per heavy atom. The summed E-state index contributed by atoms with van der Waals surface area (Å²) in [5.74, 6) is 0. The topological polar surface area (TPSA) is 50.4 Å². The molecule has 0 aliphatic carbocycles. The van der Waals surface area contributed by atoms with Crippen molar-refractivity contribution in [3.8, 4) is 11.3 Å². The van der Waals surface area contributed by atoms with Crippen molar-refractivity contribution in [3.63, 3.8) is 0 Å². The fraction of sp³-hybridized carbons (Fsp3) is 0.143. The number of halogens is 1. The average Bonchev–Trinajstić information content (AvgIpc) is 2.78. The maximum atomic E-state index is 9.62. The molecular weight excluding hydrogens is 262 g/mol. The van der Waals surface area contributed by atoms with Crippen LogP contribution in [0.4, 0.5) is 0 Å².